The molecule has 0 saturated heterocycles. The molecule has 1 N–H and O–H groups in total. The number of H-pyrrole nitrogens is 1. The number of benzene rings is 1. The van der Waals surface area contributed by atoms with Gasteiger partial charge >= 0.3 is 0 Å². The minimum absolute atomic E-state index is 0.0168. The number of allylic oxidation sites excluding steroid dienone is 6. The van der Waals surface area contributed by atoms with E-state index >= 15 is 0 Å². The molecule has 0 aliphatic heterocycles. The molecule has 0 bridgehead atoms. The predicted molar refractivity (Wildman–Crippen MR) is 130 cm³/mol. The first-order valence-electron chi connectivity index (χ1n) is 10.3. The first-order valence-corrected chi connectivity index (χ1v) is 10.3. The molecule has 0 fully saturated rings. The highest BCUT2D eigenvalue weighted by Crippen LogP contribution is 2.30. The molecule has 1 aromatic carbocycles. The van der Waals surface area contributed by atoms with Crippen LogP contribution < -0.4 is 0 Å². The topological polar surface area (TPSA) is 137 Å². The number of nitrogens with zero attached hydrogens (tertiary/aromatic N) is 4. The number of hydrogen-bond donors (Lipinski definition) is 1. The van der Waals surface area contributed by atoms with Gasteiger partial charge in [-0.1, -0.05) is 24.3 Å². The molecule has 0 unspecified atom stereocenters. The van der Waals surface area contributed by atoms with Crippen LogP contribution in [0.1, 0.15) is 11.5 Å². The number of aromatic amines is 1. The SMILES string of the molecule is N#CC(C#N)=C/C=C/c1ccc(-c2ccc3cc(-c4ccc(/C=C/C=C(C#N)C#N)o4)[nH]c3c2)o1. The first-order chi connectivity index (χ1) is 17.1. The van der Waals surface area contributed by atoms with Crippen molar-refractivity contribution >= 4 is 23.1 Å². The summed E-state index contributed by atoms with van der Waals surface area (Å²) in [7, 11) is 0. The molecule has 3 aromatic heterocycles. The second-order valence-corrected chi connectivity index (χ2v) is 7.22. The van der Waals surface area contributed by atoms with Crippen molar-refractivity contribution in [1.29, 1.82) is 21.0 Å². The number of fused-ring (bicyclic) bond motifs is 1. The normalized spacial score (nSPS) is 10.5. The van der Waals surface area contributed by atoms with E-state index in [9.17, 15) is 0 Å². The zero-order valence-corrected chi connectivity index (χ0v) is 18.2. The van der Waals surface area contributed by atoms with Crippen molar-refractivity contribution in [3.8, 4) is 47.1 Å². The zero-order valence-electron chi connectivity index (χ0n) is 18.2. The molecule has 0 spiro atoms. The largest absolute Gasteiger partial charge is 0.457 e. The van der Waals surface area contributed by atoms with E-state index in [1.54, 1.807) is 54.6 Å². The molecule has 0 saturated carbocycles. The van der Waals surface area contributed by atoms with Crippen molar-refractivity contribution in [3.63, 3.8) is 0 Å². The van der Waals surface area contributed by atoms with Crippen LogP contribution in [0, 0.1) is 45.3 Å². The Labute approximate surface area is 200 Å². The lowest BCUT2D eigenvalue weighted by atomic mass is 10.1. The van der Waals surface area contributed by atoms with E-state index in [0.29, 0.717) is 23.0 Å². The molecule has 0 radical (unpaired) electrons. The van der Waals surface area contributed by atoms with Gasteiger partial charge < -0.3 is 13.8 Å². The van der Waals surface area contributed by atoms with Gasteiger partial charge in [0.2, 0.25) is 0 Å². The molecule has 7 nitrogen and oxygen atoms in total. The van der Waals surface area contributed by atoms with Crippen molar-refractivity contribution < 1.29 is 8.83 Å². The third kappa shape index (κ3) is 5.18. The molecular formula is C28H15N5O2. The average molecular weight is 453 g/mol. The van der Waals surface area contributed by atoms with Gasteiger partial charge in [0.1, 0.15) is 52.7 Å². The fourth-order valence-corrected chi connectivity index (χ4v) is 3.28. The van der Waals surface area contributed by atoms with Crippen molar-refractivity contribution in [3.05, 3.63) is 95.5 Å². The molecule has 0 aliphatic rings. The van der Waals surface area contributed by atoms with Crippen molar-refractivity contribution in [2.75, 3.05) is 0 Å². The van der Waals surface area contributed by atoms with Gasteiger partial charge in [0, 0.05) is 16.5 Å². The van der Waals surface area contributed by atoms with E-state index in [1.807, 2.05) is 42.5 Å². The Morgan fingerprint density at radius 3 is 1.86 bits per heavy atom. The fourth-order valence-electron chi connectivity index (χ4n) is 3.28. The monoisotopic (exact) mass is 453 g/mol. The van der Waals surface area contributed by atoms with Crippen LogP contribution >= 0.6 is 0 Å². The molecule has 0 aliphatic carbocycles. The Bertz CT molecular complexity index is 1570. The minimum atomic E-state index is 0.0168. The summed E-state index contributed by atoms with van der Waals surface area (Å²) >= 11 is 0. The molecule has 3 heterocycles. The van der Waals surface area contributed by atoms with Gasteiger partial charge in [-0.3, -0.25) is 0 Å². The van der Waals surface area contributed by atoms with Crippen LogP contribution in [0.5, 0.6) is 0 Å². The Balaban J connectivity index is 1.53. The van der Waals surface area contributed by atoms with Crippen LogP contribution in [0.4, 0.5) is 0 Å². The number of nitriles is 4. The van der Waals surface area contributed by atoms with Crippen LogP contribution in [0.15, 0.2) is 92.8 Å². The van der Waals surface area contributed by atoms with Crippen LogP contribution in [-0.4, -0.2) is 4.98 Å². The van der Waals surface area contributed by atoms with Gasteiger partial charge in [0.15, 0.2) is 5.76 Å². The van der Waals surface area contributed by atoms with E-state index in [2.05, 4.69) is 4.98 Å². The first kappa shape index (κ1) is 22.4. The number of nitrogens with one attached hydrogen (secondary N) is 1. The Morgan fingerprint density at radius 2 is 1.26 bits per heavy atom. The number of rotatable bonds is 6. The number of aromatic nitrogens is 1. The van der Waals surface area contributed by atoms with Gasteiger partial charge in [-0.05, 0) is 60.7 Å². The molecule has 35 heavy (non-hydrogen) atoms. The maximum Gasteiger partial charge on any atom is 0.151 e. The summed E-state index contributed by atoms with van der Waals surface area (Å²) < 4.78 is 11.7. The molecule has 164 valence electrons. The summed E-state index contributed by atoms with van der Waals surface area (Å²) in [4.78, 5) is 3.35. The molecule has 4 rings (SSSR count). The summed E-state index contributed by atoms with van der Waals surface area (Å²) in [6.07, 6.45) is 9.41. The van der Waals surface area contributed by atoms with Crippen molar-refractivity contribution in [1.82, 2.24) is 4.98 Å². The van der Waals surface area contributed by atoms with Gasteiger partial charge in [-0.25, -0.2) is 0 Å². The van der Waals surface area contributed by atoms with Crippen LogP contribution in [0.2, 0.25) is 0 Å². The molecule has 7 heteroatoms. The maximum absolute atomic E-state index is 8.78. The lowest BCUT2D eigenvalue weighted by Crippen LogP contribution is -1.75. The third-order valence-electron chi connectivity index (χ3n) is 4.95. The van der Waals surface area contributed by atoms with Crippen LogP contribution in [0.25, 0.3) is 45.8 Å². The second-order valence-electron chi connectivity index (χ2n) is 7.22. The van der Waals surface area contributed by atoms with Gasteiger partial charge in [-0.2, -0.15) is 21.0 Å². The van der Waals surface area contributed by atoms with E-state index in [0.717, 1.165) is 22.2 Å². The smallest absolute Gasteiger partial charge is 0.151 e. The van der Waals surface area contributed by atoms with Crippen LogP contribution in [-0.2, 0) is 0 Å². The summed E-state index contributed by atoms with van der Waals surface area (Å²) in [5.74, 6) is 2.52. The number of hydrogen-bond acceptors (Lipinski definition) is 6. The summed E-state index contributed by atoms with van der Waals surface area (Å²) in [5.41, 5.74) is 2.64. The van der Waals surface area contributed by atoms with Crippen molar-refractivity contribution in [2.45, 2.75) is 0 Å². The highest BCUT2D eigenvalue weighted by molar-refractivity contribution is 5.88. The Kier molecular flexibility index (Phi) is 6.56. The molecule has 0 atom stereocenters. The van der Waals surface area contributed by atoms with Crippen LogP contribution in [0.3, 0.4) is 0 Å². The minimum Gasteiger partial charge on any atom is -0.457 e. The molecular weight excluding hydrogens is 438 g/mol. The van der Waals surface area contributed by atoms with E-state index < -0.39 is 0 Å². The van der Waals surface area contributed by atoms with E-state index in [4.69, 9.17) is 29.9 Å². The predicted octanol–water partition coefficient (Wildman–Crippen LogP) is 6.66. The lowest BCUT2D eigenvalue weighted by Gasteiger charge is -1.97. The Hall–Kier alpha value is -5.76. The Morgan fingerprint density at radius 1 is 0.686 bits per heavy atom. The summed E-state index contributed by atoms with van der Waals surface area (Å²) in [6.45, 7) is 0. The van der Waals surface area contributed by atoms with Crippen molar-refractivity contribution in [2.24, 2.45) is 0 Å². The highest BCUT2D eigenvalue weighted by Gasteiger charge is 2.10. The van der Waals surface area contributed by atoms with Gasteiger partial charge in [-0.15, -0.1) is 0 Å². The van der Waals surface area contributed by atoms with Gasteiger partial charge in [0.25, 0.3) is 0 Å². The van der Waals surface area contributed by atoms with E-state index in [-0.39, 0.29) is 11.1 Å². The maximum atomic E-state index is 8.78. The summed E-state index contributed by atoms with van der Waals surface area (Å²) in [5, 5.41) is 36.1. The fraction of sp³-hybridized carbons (Fsp3) is 0. The third-order valence-corrected chi connectivity index (χ3v) is 4.95. The highest BCUT2D eigenvalue weighted by atomic mass is 16.3. The lowest BCUT2D eigenvalue weighted by molar-refractivity contribution is 0.570. The zero-order chi connectivity index (χ0) is 24.6. The molecule has 0 amide bonds. The number of furan rings is 2. The summed E-state index contributed by atoms with van der Waals surface area (Å²) in [6, 6.07) is 22.4. The average Bonchev–Trinajstić information content (AvgIpc) is 3.63. The second kappa shape index (κ2) is 10.2. The van der Waals surface area contributed by atoms with E-state index in [1.165, 1.54) is 12.2 Å². The molecule has 4 aromatic rings. The standard InChI is InChI=1S/C28H15N5O2/c29-15-19(16-30)3-1-5-23-9-11-27(34-23)22-8-7-21-13-26(33-25(21)14-22)28-12-10-24(35-28)6-2-4-20(17-31)18-32/h1-14,33H/b5-1+,6-2+. The quantitative estimate of drug-likeness (QED) is 0.256. The van der Waals surface area contributed by atoms with Gasteiger partial charge in [0.05, 0.1) is 5.69 Å².